The summed E-state index contributed by atoms with van der Waals surface area (Å²) >= 11 is 7.17. The fourth-order valence-corrected chi connectivity index (χ4v) is 4.10. The quantitative estimate of drug-likeness (QED) is 0.806. The molecule has 1 heterocycles. The highest BCUT2D eigenvalue weighted by atomic mass is 79.9. The summed E-state index contributed by atoms with van der Waals surface area (Å²) in [5.74, 6) is 0.883. The van der Waals surface area contributed by atoms with E-state index in [2.05, 4.69) is 61.3 Å². The van der Waals surface area contributed by atoms with E-state index in [1.54, 1.807) is 0 Å². The van der Waals surface area contributed by atoms with Gasteiger partial charge in [-0.05, 0) is 82.9 Å². The van der Waals surface area contributed by atoms with Crippen LogP contribution in [0.15, 0.2) is 21.1 Å². The maximum Gasteiger partial charge on any atom is 0.147 e. The van der Waals surface area contributed by atoms with Crippen LogP contribution in [0.4, 0.5) is 0 Å². The predicted octanol–water partition coefficient (Wildman–Crippen LogP) is 3.79. The molecule has 1 atom stereocenters. The molecule has 0 saturated carbocycles. The van der Waals surface area contributed by atoms with Gasteiger partial charge in [-0.1, -0.05) is 0 Å². The number of rotatable bonds is 5. The molecule has 20 heavy (non-hydrogen) atoms. The minimum Gasteiger partial charge on any atom is -0.492 e. The van der Waals surface area contributed by atoms with Crippen LogP contribution < -0.4 is 10.1 Å². The second-order valence-corrected chi connectivity index (χ2v) is 7.01. The molecule has 1 aromatic rings. The molecular weight excluding hydrogens is 384 g/mol. The van der Waals surface area contributed by atoms with E-state index in [-0.39, 0.29) is 0 Å². The number of benzene rings is 1. The van der Waals surface area contributed by atoms with Gasteiger partial charge in [-0.15, -0.1) is 0 Å². The van der Waals surface area contributed by atoms with Crippen molar-refractivity contribution in [2.45, 2.75) is 32.4 Å². The summed E-state index contributed by atoms with van der Waals surface area (Å²) < 4.78 is 7.62. The van der Waals surface area contributed by atoms with Crippen molar-refractivity contribution in [3.8, 4) is 5.75 Å². The zero-order chi connectivity index (χ0) is 14.5. The number of hydrogen-bond acceptors (Lipinski definition) is 3. The molecule has 0 spiro atoms. The summed E-state index contributed by atoms with van der Waals surface area (Å²) in [6, 6.07) is 4.86. The van der Waals surface area contributed by atoms with Crippen LogP contribution in [0.3, 0.4) is 0 Å². The number of ether oxygens (including phenoxy) is 1. The number of hydrogen-bond donors (Lipinski definition) is 1. The topological polar surface area (TPSA) is 24.5 Å². The summed E-state index contributed by atoms with van der Waals surface area (Å²) in [7, 11) is 2.19. The highest BCUT2D eigenvalue weighted by Crippen LogP contribution is 2.34. The van der Waals surface area contributed by atoms with Gasteiger partial charge in [0.2, 0.25) is 0 Å². The normalized spacial score (nSPS) is 20.1. The lowest BCUT2D eigenvalue weighted by atomic mass is 10.1. The largest absolute Gasteiger partial charge is 0.492 e. The van der Waals surface area contributed by atoms with Crippen LogP contribution in [0.5, 0.6) is 5.75 Å². The third kappa shape index (κ3) is 4.45. The lowest BCUT2D eigenvalue weighted by Gasteiger charge is -2.30. The Morgan fingerprint density at radius 3 is 2.65 bits per heavy atom. The molecule has 0 aromatic heterocycles. The molecule has 1 N–H and O–H groups in total. The van der Waals surface area contributed by atoms with Crippen LogP contribution in [0.2, 0.25) is 0 Å². The first-order valence-electron chi connectivity index (χ1n) is 7.12. The molecule has 3 nitrogen and oxygen atoms in total. The van der Waals surface area contributed by atoms with E-state index in [0.29, 0.717) is 12.6 Å². The number of nitrogens with one attached hydrogen (secondary N) is 1. The lowest BCUT2D eigenvalue weighted by Crippen LogP contribution is -2.43. The highest BCUT2D eigenvalue weighted by molar-refractivity contribution is 9.11. The van der Waals surface area contributed by atoms with E-state index in [0.717, 1.165) is 27.8 Å². The van der Waals surface area contributed by atoms with Crippen molar-refractivity contribution in [2.75, 3.05) is 26.7 Å². The molecule has 1 fully saturated rings. The van der Waals surface area contributed by atoms with Gasteiger partial charge in [0.1, 0.15) is 5.75 Å². The highest BCUT2D eigenvalue weighted by Gasteiger charge is 2.16. The average Bonchev–Trinajstić information content (AvgIpc) is 2.41. The van der Waals surface area contributed by atoms with Crippen LogP contribution in [-0.2, 0) is 6.54 Å². The standard InChI is InChI=1S/C15H22Br2N2O/c1-3-20-15-13(16)7-11(8-14(15)17)9-18-12-5-4-6-19(2)10-12/h7-8,12,18H,3-6,9-10H2,1-2H3. The van der Waals surface area contributed by atoms with Crippen molar-refractivity contribution in [1.29, 1.82) is 0 Å². The molecule has 1 aliphatic rings. The van der Waals surface area contributed by atoms with Crippen molar-refractivity contribution in [1.82, 2.24) is 10.2 Å². The third-order valence-corrected chi connectivity index (χ3v) is 4.74. The van der Waals surface area contributed by atoms with Gasteiger partial charge >= 0.3 is 0 Å². The number of likely N-dealkylation sites (tertiary alicyclic amines) is 1. The summed E-state index contributed by atoms with van der Waals surface area (Å²) in [5.41, 5.74) is 1.26. The smallest absolute Gasteiger partial charge is 0.147 e. The Kier molecular flexibility index (Phi) is 6.33. The van der Waals surface area contributed by atoms with E-state index >= 15 is 0 Å². The van der Waals surface area contributed by atoms with Gasteiger partial charge in [0.25, 0.3) is 0 Å². The van der Waals surface area contributed by atoms with E-state index in [1.807, 2.05) is 6.92 Å². The van der Waals surface area contributed by atoms with Crippen LogP contribution in [0.25, 0.3) is 0 Å². The molecule has 112 valence electrons. The maximum absolute atomic E-state index is 5.61. The van der Waals surface area contributed by atoms with Gasteiger partial charge < -0.3 is 15.0 Å². The number of likely N-dealkylation sites (N-methyl/N-ethyl adjacent to an activating group) is 1. The molecule has 0 aliphatic carbocycles. The van der Waals surface area contributed by atoms with E-state index in [4.69, 9.17) is 4.74 Å². The van der Waals surface area contributed by atoms with Gasteiger partial charge in [0, 0.05) is 19.1 Å². The number of halogens is 2. The van der Waals surface area contributed by atoms with E-state index in [1.165, 1.54) is 24.9 Å². The second kappa shape index (κ2) is 7.78. The van der Waals surface area contributed by atoms with Crippen molar-refractivity contribution in [3.63, 3.8) is 0 Å². The van der Waals surface area contributed by atoms with Crippen molar-refractivity contribution < 1.29 is 4.74 Å². The van der Waals surface area contributed by atoms with E-state index in [9.17, 15) is 0 Å². The minimum atomic E-state index is 0.595. The molecule has 5 heteroatoms. The summed E-state index contributed by atoms with van der Waals surface area (Å²) in [5, 5.41) is 3.65. The SMILES string of the molecule is CCOc1c(Br)cc(CNC2CCCN(C)C2)cc1Br. The Labute approximate surface area is 138 Å². The Balaban J connectivity index is 1.96. The first kappa shape index (κ1) is 16.3. The molecular formula is C15H22Br2N2O. The van der Waals surface area contributed by atoms with Gasteiger partial charge in [0.05, 0.1) is 15.6 Å². The Morgan fingerprint density at radius 1 is 1.35 bits per heavy atom. The van der Waals surface area contributed by atoms with Gasteiger partial charge in [0.15, 0.2) is 0 Å². The van der Waals surface area contributed by atoms with Crippen molar-refractivity contribution in [2.24, 2.45) is 0 Å². The van der Waals surface area contributed by atoms with Crippen LogP contribution in [0.1, 0.15) is 25.3 Å². The first-order chi connectivity index (χ1) is 9.60. The minimum absolute atomic E-state index is 0.595. The Morgan fingerprint density at radius 2 is 2.05 bits per heavy atom. The molecule has 0 bridgehead atoms. The number of piperidine rings is 1. The van der Waals surface area contributed by atoms with Gasteiger partial charge in [-0.25, -0.2) is 0 Å². The molecule has 1 aliphatic heterocycles. The van der Waals surface area contributed by atoms with Gasteiger partial charge in [-0.3, -0.25) is 0 Å². The van der Waals surface area contributed by atoms with Crippen molar-refractivity contribution in [3.05, 3.63) is 26.6 Å². The lowest BCUT2D eigenvalue weighted by molar-refractivity contribution is 0.226. The summed E-state index contributed by atoms with van der Waals surface area (Å²) in [6.07, 6.45) is 2.55. The molecule has 1 saturated heterocycles. The third-order valence-electron chi connectivity index (χ3n) is 3.57. The van der Waals surface area contributed by atoms with Gasteiger partial charge in [-0.2, -0.15) is 0 Å². The summed E-state index contributed by atoms with van der Waals surface area (Å²) in [4.78, 5) is 2.39. The zero-order valence-electron chi connectivity index (χ0n) is 12.1. The van der Waals surface area contributed by atoms with Crippen LogP contribution in [-0.4, -0.2) is 37.7 Å². The van der Waals surface area contributed by atoms with Crippen molar-refractivity contribution >= 4 is 31.9 Å². The number of nitrogens with zero attached hydrogens (tertiary/aromatic N) is 1. The molecule has 0 amide bonds. The molecule has 0 radical (unpaired) electrons. The Bertz CT molecular complexity index is 430. The molecule has 1 unspecified atom stereocenters. The second-order valence-electron chi connectivity index (χ2n) is 5.30. The predicted molar refractivity (Wildman–Crippen MR) is 90.4 cm³/mol. The fraction of sp³-hybridized carbons (Fsp3) is 0.600. The van der Waals surface area contributed by atoms with Crippen LogP contribution >= 0.6 is 31.9 Å². The summed E-state index contributed by atoms with van der Waals surface area (Å²) in [6.45, 7) is 5.91. The molecule has 1 aromatic carbocycles. The van der Waals surface area contributed by atoms with Crippen LogP contribution in [0, 0.1) is 0 Å². The monoisotopic (exact) mass is 404 g/mol. The first-order valence-corrected chi connectivity index (χ1v) is 8.71. The maximum atomic E-state index is 5.61. The fourth-order valence-electron chi connectivity index (χ4n) is 2.59. The Hall–Kier alpha value is -0.100. The van der Waals surface area contributed by atoms with E-state index < -0.39 is 0 Å². The zero-order valence-corrected chi connectivity index (χ0v) is 15.3. The average molecular weight is 406 g/mol. The molecule has 2 rings (SSSR count).